The van der Waals surface area contributed by atoms with E-state index in [2.05, 4.69) is 5.32 Å². The van der Waals surface area contributed by atoms with Crippen molar-refractivity contribution in [3.05, 3.63) is 58.3 Å². The fourth-order valence-corrected chi connectivity index (χ4v) is 3.15. The van der Waals surface area contributed by atoms with Crippen molar-refractivity contribution in [2.45, 2.75) is 32.9 Å². The third kappa shape index (κ3) is 5.20. The lowest BCUT2D eigenvalue weighted by molar-refractivity contribution is -0.136. The van der Waals surface area contributed by atoms with Crippen molar-refractivity contribution in [2.75, 3.05) is 7.05 Å². The Morgan fingerprint density at radius 1 is 1.12 bits per heavy atom. The van der Waals surface area contributed by atoms with Crippen molar-refractivity contribution < 1.29 is 9.59 Å². The van der Waals surface area contributed by atoms with Gasteiger partial charge in [-0.15, -0.1) is 0 Å². The van der Waals surface area contributed by atoms with Crippen LogP contribution in [-0.4, -0.2) is 29.8 Å². The summed E-state index contributed by atoms with van der Waals surface area (Å²) in [5.74, 6) is -0.156. The molecule has 0 saturated carbocycles. The van der Waals surface area contributed by atoms with Gasteiger partial charge in [0.2, 0.25) is 11.8 Å². The molecule has 0 bridgehead atoms. The number of carbonyl (C=O) groups excluding carboxylic acids is 2. The molecular formula is C19H24N2O2S. The van der Waals surface area contributed by atoms with Crippen LogP contribution in [0.25, 0.3) is 0 Å². The third-order valence-electron chi connectivity index (χ3n) is 3.83. The zero-order chi connectivity index (χ0) is 17.5. The topological polar surface area (TPSA) is 49.4 Å². The summed E-state index contributed by atoms with van der Waals surface area (Å²) in [6.07, 6.45) is 0.283. The molecular weight excluding hydrogens is 320 g/mol. The Morgan fingerprint density at radius 2 is 1.83 bits per heavy atom. The summed E-state index contributed by atoms with van der Waals surface area (Å²) < 4.78 is 0. The van der Waals surface area contributed by atoms with Gasteiger partial charge in [-0.25, -0.2) is 0 Å². The van der Waals surface area contributed by atoms with Crippen molar-refractivity contribution >= 4 is 23.2 Å². The fourth-order valence-electron chi connectivity index (χ4n) is 2.49. The van der Waals surface area contributed by atoms with Gasteiger partial charge < -0.3 is 10.2 Å². The molecule has 1 aromatic heterocycles. The van der Waals surface area contributed by atoms with Crippen molar-refractivity contribution in [1.29, 1.82) is 0 Å². The van der Waals surface area contributed by atoms with Gasteiger partial charge in [-0.3, -0.25) is 9.59 Å². The molecule has 1 N–H and O–H groups in total. The van der Waals surface area contributed by atoms with Crippen LogP contribution in [0, 0.1) is 5.92 Å². The van der Waals surface area contributed by atoms with E-state index in [-0.39, 0.29) is 24.2 Å². The molecule has 24 heavy (non-hydrogen) atoms. The predicted octanol–water partition coefficient (Wildman–Crippen LogP) is 3.09. The molecule has 0 saturated heterocycles. The van der Waals surface area contributed by atoms with E-state index < -0.39 is 6.04 Å². The van der Waals surface area contributed by atoms with Gasteiger partial charge in [0.1, 0.15) is 6.04 Å². The van der Waals surface area contributed by atoms with Crippen molar-refractivity contribution in [1.82, 2.24) is 10.2 Å². The average Bonchev–Trinajstić information content (AvgIpc) is 3.05. The van der Waals surface area contributed by atoms with E-state index in [9.17, 15) is 9.59 Å². The molecule has 4 nitrogen and oxygen atoms in total. The number of hydrogen-bond donors (Lipinski definition) is 1. The third-order valence-corrected chi connectivity index (χ3v) is 4.56. The summed E-state index contributed by atoms with van der Waals surface area (Å²) in [4.78, 5) is 26.7. The lowest BCUT2D eigenvalue weighted by Gasteiger charge is -2.27. The molecule has 2 rings (SSSR count). The maximum atomic E-state index is 12.7. The number of likely N-dealkylation sites (N-methyl/N-ethyl adjacent to an activating group) is 1. The molecule has 1 atom stereocenters. The van der Waals surface area contributed by atoms with E-state index >= 15 is 0 Å². The number of thiophene rings is 1. The van der Waals surface area contributed by atoms with Gasteiger partial charge in [0.15, 0.2) is 0 Å². The minimum Gasteiger partial charge on any atom is -0.344 e. The van der Waals surface area contributed by atoms with Crippen LogP contribution in [0.2, 0.25) is 0 Å². The minimum absolute atomic E-state index is 0.0298. The molecule has 128 valence electrons. The SMILES string of the molecule is CC(C)[C@@H](NC(=O)Cc1ccccc1)C(=O)N(C)Cc1ccsc1. The molecule has 0 fully saturated rings. The average molecular weight is 344 g/mol. The number of hydrogen-bond acceptors (Lipinski definition) is 3. The van der Waals surface area contributed by atoms with Crippen LogP contribution < -0.4 is 5.32 Å². The highest BCUT2D eigenvalue weighted by Crippen LogP contribution is 2.12. The smallest absolute Gasteiger partial charge is 0.245 e. The standard InChI is InChI=1S/C19H24N2O2S/c1-14(2)18(19(23)21(3)12-16-9-10-24-13-16)20-17(22)11-15-7-5-4-6-8-15/h4-10,13-14,18H,11-12H2,1-3H3,(H,20,22)/t18-/m1/s1. The first kappa shape index (κ1) is 18.2. The molecule has 1 aromatic carbocycles. The van der Waals surface area contributed by atoms with Gasteiger partial charge in [-0.2, -0.15) is 11.3 Å². The Morgan fingerprint density at radius 3 is 2.42 bits per heavy atom. The zero-order valence-corrected chi connectivity index (χ0v) is 15.2. The quantitative estimate of drug-likeness (QED) is 0.839. The molecule has 2 amide bonds. The normalized spacial score (nSPS) is 12.0. The number of benzene rings is 1. The second-order valence-electron chi connectivity index (χ2n) is 6.28. The fraction of sp³-hybridized carbons (Fsp3) is 0.368. The molecule has 0 spiro atoms. The lowest BCUT2D eigenvalue weighted by atomic mass is 10.0. The van der Waals surface area contributed by atoms with Crippen LogP contribution in [0.4, 0.5) is 0 Å². The summed E-state index contributed by atoms with van der Waals surface area (Å²) in [6.45, 7) is 4.45. The maximum Gasteiger partial charge on any atom is 0.245 e. The van der Waals surface area contributed by atoms with Crippen molar-refractivity contribution in [3.8, 4) is 0 Å². The number of nitrogens with one attached hydrogen (secondary N) is 1. The molecule has 5 heteroatoms. The van der Waals surface area contributed by atoms with E-state index in [0.717, 1.165) is 11.1 Å². The van der Waals surface area contributed by atoms with Crippen molar-refractivity contribution in [3.63, 3.8) is 0 Å². The number of amides is 2. The van der Waals surface area contributed by atoms with Crippen LogP contribution in [0.5, 0.6) is 0 Å². The summed E-state index contributed by atoms with van der Waals surface area (Å²) in [6, 6.07) is 11.0. The van der Waals surface area contributed by atoms with E-state index in [4.69, 9.17) is 0 Å². The predicted molar refractivity (Wildman–Crippen MR) is 97.7 cm³/mol. The Hall–Kier alpha value is -2.14. The first-order valence-electron chi connectivity index (χ1n) is 8.06. The van der Waals surface area contributed by atoms with Crippen LogP contribution >= 0.6 is 11.3 Å². The second-order valence-corrected chi connectivity index (χ2v) is 7.06. The molecule has 0 aliphatic carbocycles. The molecule has 0 unspecified atom stereocenters. The highest BCUT2D eigenvalue weighted by atomic mass is 32.1. The highest BCUT2D eigenvalue weighted by molar-refractivity contribution is 7.07. The minimum atomic E-state index is -0.509. The molecule has 0 aliphatic heterocycles. The first-order chi connectivity index (χ1) is 11.5. The van der Waals surface area contributed by atoms with E-state index in [0.29, 0.717) is 6.54 Å². The second kappa shape index (κ2) is 8.64. The summed E-state index contributed by atoms with van der Waals surface area (Å²) in [5, 5.41) is 6.92. The van der Waals surface area contributed by atoms with E-state index in [1.807, 2.05) is 61.0 Å². The maximum absolute atomic E-state index is 12.7. The molecule has 1 heterocycles. The van der Waals surface area contributed by atoms with Crippen molar-refractivity contribution in [2.24, 2.45) is 5.92 Å². The first-order valence-corrected chi connectivity index (χ1v) is 9.01. The van der Waals surface area contributed by atoms with Crippen LogP contribution in [0.3, 0.4) is 0 Å². The summed E-state index contributed by atoms with van der Waals surface area (Å²) >= 11 is 1.61. The summed E-state index contributed by atoms with van der Waals surface area (Å²) in [7, 11) is 1.78. The van der Waals surface area contributed by atoms with Crippen LogP contribution in [0.1, 0.15) is 25.0 Å². The van der Waals surface area contributed by atoms with Gasteiger partial charge >= 0.3 is 0 Å². The Labute approximate surface area is 147 Å². The van der Waals surface area contributed by atoms with Gasteiger partial charge in [0, 0.05) is 13.6 Å². The lowest BCUT2D eigenvalue weighted by Crippen LogP contribution is -2.50. The largest absolute Gasteiger partial charge is 0.344 e. The van der Waals surface area contributed by atoms with Gasteiger partial charge in [-0.05, 0) is 33.9 Å². The van der Waals surface area contributed by atoms with Gasteiger partial charge in [0.25, 0.3) is 0 Å². The van der Waals surface area contributed by atoms with Crippen LogP contribution in [0.15, 0.2) is 47.2 Å². The van der Waals surface area contributed by atoms with Gasteiger partial charge in [-0.1, -0.05) is 44.2 Å². The molecule has 0 aliphatic rings. The molecule has 0 radical (unpaired) electrons. The van der Waals surface area contributed by atoms with Gasteiger partial charge in [0.05, 0.1) is 6.42 Å². The summed E-state index contributed by atoms with van der Waals surface area (Å²) in [5.41, 5.74) is 2.05. The number of rotatable bonds is 7. The zero-order valence-electron chi connectivity index (χ0n) is 14.4. The molecule has 2 aromatic rings. The number of carbonyl (C=O) groups is 2. The Balaban J connectivity index is 1.97. The Bertz CT molecular complexity index is 653. The van der Waals surface area contributed by atoms with Crippen LogP contribution in [-0.2, 0) is 22.6 Å². The van der Waals surface area contributed by atoms with E-state index in [1.165, 1.54) is 0 Å². The number of nitrogens with zero attached hydrogens (tertiary/aromatic N) is 1. The monoisotopic (exact) mass is 344 g/mol. The highest BCUT2D eigenvalue weighted by Gasteiger charge is 2.27. The van der Waals surface area contributed by atoms with E-state index in [1.54, 1.807) is 23.3 Å². The Kier molecular flexibility index (Phi) is 6.55.